The van der Waals surface area contributed by atoms with Gasteiger partial charge in [0.05, 0.1) is 0 Å². The zero-order valence-electron chi connectivity index (χ0n) is 16.8. The molecule has 0 fully saturated rings. The van der Waals surface area contributed by atoms with Crippen LogP contribution in [0, 0.1) is 6.92 Å². The van der Waals surface area contributed by atoms with Gasteiger partial charge in [0.1, 0.15) is 27.6 Å². The fourth-order valence-electron chi connectivity index (χ4n) is 3.38. The molecule has 0 radical (unpaired) electrons. The van der Waals surface area contributed by atoms with Crippen LogP contribution in [0.5, 0.6) is 0 Å². The Labute approximate surface area is 181 Å². The fraction of sp³-hybridized carbons (Fsp3) is 0.0909. The van der Waals surface area contributed by atoms with E-state index in [1.165, 1.54) is 16.4 Å². The summed E-state index contributed by atoms with van der Waals surface area (Å²) in [7, 11) is 0. The first-order valence-corrected chi connectivity index (χ1v) is 10.8. The molecule has 1 N–H and O–H groups in total. The van der Waals surface area contributed by atoms with E-state index in [4.69, 9.17) is 4.98 Å². The van der Waals surface area contributed by atoms with Crippen LogP contribution in [-0.4, -0.2) is 41.2 Å². The van der Waals surface area contributed by atoms with Gasteiger partial charge in [-0.2, -0.15) is 9.78 Å². The number of thioether (sulfide) groups is 1. The highest BCUT2D eigenvalue weighted by Crippen LogP contribution is 2.29. The molecule has 0 saturated heterocycles. The van der Waals surface area contributed by atoms with Gasteiger partial charge in [0, 0.05) is 11.1 Å². The Balaban J connectivity index is 1.78. The van der Waals surface area contributed by atoms with Gasteiger partial charge in [-0.3, -0.25) is 4.79 Å². The van der Waals surface area contributed by atoms with Crippen molar-refractivity contribution in [3.05, 3.63) is 76.8 Å². The molecule has 0 bridgehead atoms. The minimum Gasteiger partial charge on any atom is -0.310 e. The van der Waals surface area contributed by atoms with Gasteiger partial charge in [0.2, 0.25) is 0 Å². The van der Waals surface area contributed by atoms with Crippen molar-refractivity contribution >= 4 is 22.8 Å². The molecule has 5 rings (SSSR count). The number of hydrogen-bond acceptors (Lipinski definition) is 7. The van der Waals surface area contributed by atoms with Gasteiger partial charge >= 0.3 is 0 Å². The molecule has 0 spiro atoms. The zero-order chi connectivity index (χ0) is 21.4. The minimum atomic E-state index is -0.241. The van der Waals surface area contributed by atoms with E-state index in [0.717, 1.165) is 11.1 Å². The van der Waals surface area contributed by atoms with Crippen molar-refractivity contribution in [3.63, 3.8) is 0 Å². The Morgan fingerprint density at radius 2 is 1.52 bits per heavy atom. The van der Waals surface area contributed by atoms with E-state index in [1.54, 1.807) is 6.92 Å². The van der Waals surface area contributed by atoms with Crippen LogP contribution < -0.4 is 5.56 Å². The Hall–Kier alpha value is -3.85. The first-order chi connectivity index (χ1) is 15.2. The molecule has 0 amide bonds. The first-order valence-electron chi connectivity index (χ1n) is 9.55. The maximum atomic E-state index is 12.5. The normalized spacial score (nSPS) is 11.2. The van der Waals surface area contributed by atoms with Crippen molar-refractivity contribution in [1.29, 1.82) is 0 Å². The van der Waals surface area contributed by atoms with Gasteiger partial charge in [-0.15, -0.1) is 22.0 Å². The average molecular weight is 427 g/mol. The maximum Gasteiger partial charge on any atom is 0.272 e. The molecule has 0 aliphatic heterocycles. The number of hydrogen-bond donors (Lipinski definition) is 1. The van der Waals surface area contributed by atoms with Gasteiger partial charge in [0.15, 0.2) is 5.65 Å². The number of nitrogens with one attached hydrogen (secondary N) is 1. The van der Waals surface area contributed by atoms with Crippen molar-refractivity contribution in [3.8, 4) is 28.5 Å². The molecule has 152 valence electrons. The van der Waals surface area contributed by atoms with Crippen LogP contribution >= 0.6 is 11.8 Å². The number of aromatic nitrogens is 7. The smallest absolute Gasteiger partial charge is 0.272 e. The van der Waals surface area contributed by atoms with Crippen LogP contribution in [0.1, 0.15) is 5.82 Å². The standard InChI is InChI=1S/C22H17N7OS/c1-13-23-19-16(20(30)24-13)21(31-2)28-29(19)22-25-17(14-9-5-3-6-10-14)18(26-27-22)15-11-7-4-8-12-15/h3-12H,1-2H3,(H,23,24,30). The largest absolute Gasteiger partial charge is 0.310 e. The first kappa shape index (κ1) is 19.1. The highest BCUT2D eigenvalue weighted by molar-refractivity contribution is 7.98. The average Bonchev–Trinajstić information content (AvgIpc) is 3.19. The number of aromatic amines is 1. The number of rotatable bonds is 4. The van der Waals surface area contributed by atoms with E-state index in [9.17, 15) is 4.79 Å². The molecule has 9 heteroatoms. The monoisotopic (exact) mass is 427 g/mol. The van der Waals surface area contributed by atoms with Crippen LogP contribution in [0.4, 0.5) is 0 Å². The molecular formula is C22H17N7OS. The molecule has 31 heavy (non-hydrogen) atoms. The summed E-state index contributed by atoms with van der Waals surface area (Å²) in [4.78, 5) is 24.6. The Kier molecular flexibility index (Phi) is 4.79. The fourth-order valence-corrected chi connectivity index (χ4v) is 3.93. The van der Waals surface area contributed by atoms with Crippen LogP contribution in [0.15, 0.2) is 70.5 Å². The molecule has 0 aliphatic rings. The summed E-state index contributed by atoms with van der Waals surface area (Å²) in [6.45, 7) is 1.73. The van der Waals surface area contributed by atoms with E-state index >= 15 is 0 Å². The van der Waals surface area contributed by atoms with Gasteiger partial charge in [0.25, 0.3) is 11.5 Å². The van der Waals surface area contributed by atoms with Crippen molar-refractivity contribution in [2.75, 3.05) is 6.26 Å². The summed E-state index contributed by atoms with van der Waals surface area (Å²) < 4.78 is 1.48. The molecule has 3 aromatic heterocycles. The van der Waals surface area contributed by atoms with Crippen LogP contribution in [0.2, 0.25) is 0 Å². The summed E-state index contributed by atoms with van der Waals surface area (Å²) in [6.07, 6.45) is 1.86. The third-order valence-corrected chi connectivity index (χ3v) is 5.45. The van der Waals surface area contributed by atoms with Crippen molar-refractivity contribution in [2.24, 2.45) is 0 Å². The molecular weight excluding hydrogens is 410 g/mol. The lowest BCUT2D eigenvalue weighted by Gasteiger charge is -2.09. The number of fused-ring (bicyclic) bond motifs is 1. The second-order valence-corrected chi connectivity index (χ2v) is 7.61. The van der Waals surface area contributed by atoms with E-state index in [1.807, 2.05) is 66.9 Å². The van der Waals surface area contributed by atoms with Crippen LogP contribution in [0.25, 0.3) is 39.5 Å². The van der Waals surface area contributed by atoms with E-state index in [-0.39, 0.29) is 11.5 Å². The number of benzene rings is 2. The summed E-state index contributed by atoms with van der Waals surface area (Å²) >= 11 is 1.37. The van der Waals surface area contributed by atoms with Crippen molar-refractivity contribution < 1.29 is 0 Å². The molecule has 0 aliphatic carbocycles. The van der Waals surface area contributed by atoms with Crippen LogP contribution in [-0.2, 0) is 0 Å². The second-order valence-electron chi connectivity index (χ2n) is 6.81. The highest BCUT2D eigenvalue weighted by atomic mass is 32.2. The number of nitrogens with zero attached hydrogens (tertiary/aromatic N) is 6. The minimum absolute atomic E-state index is 0.241. The third kappa shape index (κ3) is 3.38. The summed E-state index contributed by atoms with van der Waals surface area (Å²) in [6, 6.07) is 19.6. The Bertz CT molecular complexity index is 1450. The molecule has 5 aromatic rings. The maximum absolute atomic E-state index is 12.5. The van der Waals surface area contributed by atoms with Gasteiger partial charge in [-0.1, -0.05) is 60.7 Å². The quantitative estimate of drug-likeness (QED) is 0.437. The Morgan fingerprint density at radius 3 is 2.16 bits per heavy atom. The lowest BCUT2D eigenvalue weighted by molar-refractivity contribution is 0.765. The molecule has 0 atom stereocenters. The van der Waals surface area contributed by atoms with E-state index in [0.29, 0.717) is 33.3 Å². The SMILES string of the molecule is CSc1nn(-c2nnc(-c3ccccc3)c(-c3ccccc3)n2)c2nc(C)[nH]c(=O)c12. The zero-order valence-corrected chi connectivity index (χ0v) is 17.6. The predicted octanol–water partition coefficient (Wildman–Crippen LogP) is 3.66. The van der Waals surface area contributed by atoms with Crippen LogP contribution in [0.3, 0.4) is 0 Å². The number of aryl methyl sites for hydroxylation is 1. The third-order valence-electron chi connectivity index (χ3n) is 4.78. The van der Waals surface area contributed by atoms with Gasteiger partial charge in [-0.05, 0) is 13.2 Å². The molecule has 0 unspecified atom stereocenters. The predicted molar refractivity (Wildman–Crippen MR) is 120 cm³/mol. The highest BCUT2D eigenvalue weighted by Gasteiger charge is 2.20. The lowest BCUT2D eigenvalue weighted by Crippen LogP contribution is -2.12. The molecule has 0 saturated carbocycles. The summed E-state index contributed by atoms with van der Waals surface area (Å²) in [5.41, 5.74) is 3.32. The van der Waals surface area contributed by atoms with Crippen molar-refractivity contribution in [2.45, 2.75) is 11.9 Å². The second kappa shape index (κ2) is 7.77. The molecule has 3 heterocycles. The molecule has 8 nitrogen and oxygen atoms in total. The van der Waals surface area contributed by atoms with E-state index < -0.39 is 0 Å². The molecule has 2 aromatic carbocycles. The van der Waals surface area contributed by atoms with Crippen molar-refractivity contribution in [1.82, 2.24) is 34.9 Å². The number of H-pyrrole nitrogens is 1. The van der Waals surface area contributed by atoms with Gasteiger partial charge in [-0.25, -0.2) is 9.97 Å². The summed E-state index contributed by atoms with van der Waals surface area (Å²) in [5.74, 6) is 0.741. The van der Waals surface area contributed by atoms with Gasteiger partial charge < -0.3 is 4.98 Å². The lowest BCUT2D eigenvalue weighted by atomic mass is 10.0. The topological polar surface area (TPSA) is 102 Å². The summed E-state index contributed by atoms with van der Waals surface area (Å²) in [5, 5.41) is 14.4. The van der Waals surface area contributed by atoms with E-state index in [2.05, 4.69) is 25.3 Å². The Morgan fingerprint density at radius 1 is 0.871 bits per heavy atom.